The van der Waals surface area contributed by atoms with Crippen LogP contribution in [0.4, 0.5) is 0 Å². The number of aromatic nitrogens is 3. The topological polar surface area (TPSA) is 42.7 Å². The quantitative estimate of drug-likeness (QED) is 0.879. The largest absolute Gasteiger partial charge is 0.309 e. The first-order chi connectivity index (χ1) is 9.93. The van der Waals surface area contributed by atoms with E-state index in [4.69, 9.17) is 11.6 Å². The predicted octanol–water partition coefficient (Wildman–Crippen LogP) is 3.74. The van der Waals surface area contributed by atoms with E-state index in [0.29, 0.717) is 0 Å². The van der Waals surface area contributed by atoms with Crippen molar-refractivity contribution < 1.29 is 0 Å². The van der Waals surface area contributed by atoms with E-state index >= 15 is 0 Å². The second-order valence-corrected chi connectivity index (χ2v) is 6.98. The molecule has 116 valence electrons. The smallest absolute Gasteiger partial charge is 0.0900 e. The predicted molar refractivity (Wildman–Crippen MR) is 89.3 cm³/mol. The number of nitrogens with one attached hydrogen (secondary N) is 1. The number of thiazole rings is 1. The van der Waals surface area contributed by atoms with Crippen LogP contribution in [-0.4, -0.2) is 21.3 Å². The Kier molecular flexibility index (Phi) is 5.41. The lowest BCUT2D eigenvalue weighted by molar-refractivity contribution is 0.516. The highest BCUT2D eigenvalue weighted by Gasteiger charge is 2.21. The monoisotopic (exact) mass is 326 g/mol. The molecule has 2 aromatic rings. The van der Waals surface area contributed by atoms with E-state index in [1.807, 2.05) is 18.7 Å². The van der Waals surface area contributed by atoms with Crippen LogP contribution in [0.15, 0.2) is 0 Å². The van der Waals surface area contributed by atoms with Crippen molar-refractivity contribution in [3.63, 3.8) is 0 Å². The summed E-state index contributed by atoms with van der Waals surface area (Å²) < 4.78 is 1.89. The Bertz CT molecular complexity index is 617. The zero-order valence-corrected chi connectivity index (χ0v) is 14.9. The van der Waals surface area contributed by atoms with E-state index in [2.05, 4.69) is 36.2 Å². The molecule has 2 heterocycles. The SMILES string of the molecule is CCCNC(Cc1c(Cl)c(C)nn1C)c1sc(C)nc1C. The van der Waals surface area contributed by atoms with Crippen LogP contribution >= 0.6 is 22.9 Å². The summed E-state index contributed by atoms with van der Waals surface area (Å²) in [6, 6.07) is 0.239. The average molecular weight is 327 g/mol. The summed E-state index contributed by atoms with van der Waals surface area (Å²) in [6.45, 7) is 9.24. The minimum absolute atomic E-state index is 0.239. The third kappa shape index (κ3) is 3.65. The molecule has 0 aliphatic rings. The summed E-state index contributed by atoms with van der Waals surface area (Å²) in [7, 11) is 1.95. The van der Waals surface area contributed by atoms with E-state index in [9.17, 15) is 0 Å². The maximum absolute atomic E-state index is 6.40. The lowest BCUT2D eigenvalue weighted by Crippen LogP contribution is -2.25. The van der Waals surface area contributed by atoms with E-state index < -0.39 is 0 Å². The zero-order chi connectivity index (χ0) is 15.6. The van der Waals surface area contributed by atoms with Gasteiger partial charge in [-0.3, -0.25) is 4.68 Å². The number of hydrogen-bond donors (Lipinski definition) is 1. The molecular formula is C15H23ClN4S. The van der Waals surface area contributed by atoms with Crippen LogP contribution in [0.1, 0.15) is 46.4 Å². The maximum atomic E-state index is 6.40. The molecule has 2 aromatic heterocycles. The highest BCUT2D eigenvalue weighted by molar-refractivity contribution is 7.11. The fraction of sp³-hybridized carbons (Fsp3) is 0.600. The summed E-state index contributed by atoms with van der Waals surface area (Å²) in [5.74, 6) is 0. The molecule has 0 amide bonds. The van der Waals surface area contributed by atoms with Gasteiger partial charge in [-0.15, -0.1) is 11.3 Å². The molecule has 0 fully saturated rings. The van der Waals surface area contributed by atoms with Gasteiger partial charge in [-0.1, -0.05) is 18.5 Å². The molecule has 0 saturated heterocycles. The van der Waals surface area contributed by atoms with E-state index in [0.717, 1.165) is 46.5 Å². The van der Waals surface area contributed by atoms with Gasteiger partial charge in [-0.25, -0.2) is 4.98 Å². The molecule has 1 N–H and O–H groups in total. The molecule has 4 nitrogen and oxygen atoms in total. The Morgan fingerprint density at radius 3 is 2.48 bits per heavy atom. The third-order valence-electron chi connectivity index (χ3n) is 3.56. The molecule has 1 unspecified atom stereocenters. The minimum atomic E-state index is 0.239. The highest BCUT2D eigenvalue weighted by atomic mass is 35.5. The normalized spacial score (nSPS) is 12.9. The molecule has 0 aliphatic heterocycles. The Morgan fingerprint density at radius 2 is 2.00 bits per heavy atom. The molecule has 0 saturated carbocycles. The van der Waals surface area contributed by atoms with Crippen molar-refractivity contribution >= 4 is 22.9 Å². The second-order valence-electron chi connectivity index (χ2n) is 5.36. The molecule has 0 radical (unpaired) electrons. The van der Waals surface area contributed by atoms with Gasteiger partial charge in [-0.05, 0) is 33.7 Å². The fourth-order valence-corrected chi connectivity index (χ4v) is 3.78. The van der Waals surface area contributed by atoms with Gasteiger partial charge in [0.05, 0.1) is 27.1 Å². The van der Waals surface area contributed by atoms with Gasteiger partial charge in [0.15, 0.2) is 0 Å². The van der Waals surface area contributed by atoms with Gasteiger partial charge >= 0.3 is 0 Å². The molecular weight excluding hydrogens is 304 g/mol. The first-order valence-electron chi connectivity index (χ1n) is 7.29. The fourth-order valence-electron chi connectivity index (χ4n) is 2.54. The van der Waals surface area contributed by atoms with E-state index in [1.54, 1.807) is 11.3 Å². The average Bonchev–Trinajstić information content (AvgIpc) is 2.87. The first-order valence-corrected chi connectivity index (χ1v) is 8.48. The van der Waals surface area contributed by atoms with Crippen LogP contribution in [0, 0.1) is 20.8 Å². The van der Waals surface area contributed by atoms with Crippen LogP contribution in [0.2, 0.25) is 5.02 Å². The molecule has 1 atom stereocenters. The highest BCUT2D eigenvalue weighted by Crippen LogP contribution is 2.30. The minimum Gasteiger partial charge on any atom is -0.309 e. The molecule has 2 rings (SSSR count). The Balaban J connectivity index is 2.30. The van der Waals surface area contributed by atoms with Crippen molar-refractivity contribution in [3.8, 4) is 0 Å². The summed E-state index contributed by atoms with van der Waals surface area (Å²) in [4.78, 5) is 5.86. The lowest BCUT2D eigenvalue weighted by Gasteiger charge is -2.18. The van der Waals surface area contributed by atoms with Crippen LogP contribution in [-0.2, 0) is 13.5 Å². The van der Waals surface area contributed by atoms with Gasteiger partial charge in [0, 0.05) is 24.4 Å². The molecule has 6 heteroatoms. The zero-order valence-electron chi connectivity index (χ0n) is 13.3. The van der Waals surface area contributed by atoms with Gasteiger partial charge in [0.1, 0.15) is 0 Å². The number of halogens is 1. The standard InChI is InChI=1S/C15H23ClN4S/c1-6-7-17-12(15-10(3)18-11(4)21-15)8-13-14(16)9(2)19-20(13)5/h12,17H,6-8H2,1-5H3. The van der Waals surface area contributed by atoms with Crippen LogP contribution < -0.4 is 5.32 Å². The molecule has 0 aliphatic carbocycles. The van der Waals surface area contributed by atoms with Crippen LogP contribution in [0.25, 0.3) is 0 Å². The first kappa shape index (κ1) is 16.5. The van der Waals surface area contributed by atoms with Crippen molar-refractivity contribution in [2.75, 3.05) is 6.54 Å². The number of hydrogen-bond acceptors (Lipinski definition) is 4. The summed E-state index contributed by atoms with van der Waals surface area (Å²) >= 11 is 8.17. The summed E-state index contributed by atoms with van der Waals surface area (Å²) in [5, 5.41) is 9.92. The van der Waals surface area contributed by atoms with Gasteiger partial charge < -0.3 is 5.32 Å². The van der Waals surface area contributed by atoms with Gasteiger partial charge in [0.2, 0.25) is 0 Å². The van der Waals surface area contributed by atoms with Crippen molar-refractivity contribution in [2.24, 2.45) is 7.05 Å². The molecule has 0 bridgehead atoms. The number of aryl methyl sites for hydroxylation is 4. The summed E-state index contributed by atoms with van der Waals surface area (Å²) in [5.41, 5.74) is 3.08. The lowest BCUT2D eigenvalue weighted by atomic mass is 10.1. The van der Waals surface area contributed by atoms with Gasteiger partial charge in [0.25, 0.3) is 0 Å². The summed E-state index contributed by atoms with van der Waals surface area (Å²) in [6.07, 6.45) is 1.93. The van der Waals surface area contributed by atoms with Crippen molar-refractivity contribution in [1.29, 1.82) is 0 Å². The van der Waals surface area contributed by atoms with Crippen LogP contribution in [0.5, 0.6) is 0 Å². The Morgan fingerprint density at radius 1 is 1.29 bits per heavy atom. The molecule has 0 aromatic carbocycles. The molecule has 0 spiro atoms. The van der Waals surface area contributed by atoms with Crippen molar-refractivity contribution in [2.45, 2.75) is 46.6 Å². The second kappa shape index (κ2) is 6.90. The van der Waals surface area contributed by atoms with Crippen molar-refractivity contribution in [1.82, 2.24) is 20.1 Å². The van der Waals surface area contributed by atoms with E-state index in [1.165, 1.54) is 4.88 Å². The third-order valence-corrected chi connectivity index (χ3v) is 5.23. The van der Waals surface area contributed by atoms with E-state index in [-0.39, 0.29) is 6.04 Å². The van der Waals surface area contributed by atoms with Crippen LogP contribution in [0.3, 0.4) is 0 Å². The number of rotatable bonds is 6. The number of nitrogens with zero attached hydrogens (tertiary/aromatic N) is 3. The molecule has 21 heavy (non-hydrogen) atoms. The van der Waals surface area contributed by atoms with Gasteiger partial charge in [-0.2, -0.15) is 5.10 Å². The maximum Gasteiger partial charge on any atom is 0.0900 e. The Hall–Kier alpha value is -0.910. The van der Waals surface area contributed by atoms with Crippen molar-refractivity contribution in [3.05, 3.63) is 32.0 Å². The Labute approximate surface area is 135 Å².